The van der Waals surface area contributed by atoms with Crippen LogP contribution < -0.4 is 9.47 Å². The maximum Gasteiger partial charge on any atom is 0.353 e. The van der Waals surface area contributed by atoms with Gasteiger partial charge in [-0.15, -0.1) is 0 Å². The van der Waals surface area contributed by atoms with E-state index < -0.39 is 5.97 Å². The number of nitrogens with zero attached hydrogens (tertiary/aromatic N) is 2. The van der Waals surface area contributed by atoms with Gasteiger partial charge >= 0.3 is 5.97 Å². The van der Waals surface area contributed by atoms with E-state index in [0.29, 0.717) is 22.9 Å². The van der Waals surface area contributed by atoms with E-state index in [4.69, 9.17) is 9.47 Å². The van der Waals surface area contributed by atoms with Gasteiger partial charge in [0, 0.05) is 24.5 Å². The first kappa shape index (κ1) is 13.0. The molecule has 2 aromatic heterocycles. The average molecular weight is 284 g/mol. The fourth-order valence-electron chi connectivity index (χ4n) is 2.05. The van der Waals surface area contributed by atoms with Crippen LogP contribution in [0.25, 0.3) is 5.65 Å². The van der Waals surface area contributed by atoms with E-state index >= 15 is 0 Å². The standard InChI is InChI=1S/C15H12N2O4/c1-20-12-4-2-3-5-13(12)21-10-8-11(15(18)19)17-7-6-16-14(17)9-10/h2-9H,1H3,(H,18,19). The van der Waals surface area contributed by atoms with Gasteiger partial charge in [0.2, 0.25) is 0 Å². The summed E-state index contributed by atoms with van der Waals surface area (Å²) in [5.41, 5.74) is 0.578. The highest BCUT2D eigenvalue weighted by Gasteiger charge is 2.13. The number of hydrogen-bond acceptors (Lipinski definition) is 4. The van der Waals surface area contributed by atoms with E-state index in [1.54, 1.807) is 31.5 Å². The lowest BCUT2D eigenvalue weighted by Crippen LogP contribution is -2.05. The Labute approximate surface area is 120 Å². The smallest absolute Gasteiger partial charge is 0.353 e. The van der Waals surface area contributed by atoms with Gasteiger partial charge in [-0.25, -0.2) is 9.78 Å². The van der Waals surface area contributed by atoms with Gasteiger partial charge in [0.05, 0.1) is 7.11 Å². The number of methoxy groups -OCH3 is 1. The molecular formula is C15H12N2O4. The molecule has 1 N–H and O–H groups in total. The zero-order valence-corrected chi connectivity index (χ0v) is 11.2. The predicted molar refractivity (Wildman–Crippen MR) is 75.2 cm³/mol. The zero-order valence-electron chi connectivity index (χ0n) is 11.2. The van der Waals surface area contributed by atoms with Crippen LogP contribution in [0, 0.1) is 0 Å². The van der Waals surface area contributed by atoms with Gasteiger partial charge in [0.25, 0.3) is 0 Å². The Kier molecular flexibility index (Phi) is 3.19. The highest BCUT2D eigenvalue weighted by molar-refractivity contribution is 5.87. The minimum absolute atomic E-state index is 0.0786. The third-order valence-corrected chi connectivity index (χ3v) is 3.00. The summed E-state index contributed by atoms with van der Waals surface area (Å²) in [5.74, 6) is 0.406. The van der Waals surface area contributed by atoms with Crippen molar-refractivity contribution in [2.24, 2.45) is 0 Å². The number of rotatable bonds is 4. The van der Waals surface area contributed by atoms with Crippen LogP contribution in [0.4, 0.5) is 0 Å². The summed E-state index contributed by atoms with van der Waals surface area (Å²) in [6, 6.07) is 10.3. The molecule has 1 aromatic carbocycles. The van der Waals surface area contributed by atoms with Crippen molar-refractivity contribution in [1.29, 1.82) is 0 Å². The number of carboxylic acid groups (broad SMARTS) is 1. The predicted octanol–water partition coefficient (Wildman–Crippen LogP) is 2.83. The van der Waals surface area contributed by atoms with E-state index in [0.717, 1.165) is 0 Å². The number of hydrogen-bond donors (Lipinski definition) is 1. The maximum atomic E-state index is 11.3. The normalized spacial score (nSPS) is 10.5. The van der Waals surface area contributed by atoms with Crippen molar-refractivity contribution < 1.29 is 19.4 Å². The van der Waals surface area contributed by atoms with Crippen LogP contribution in [-0.4, -0.2) is 27.6 Å². The third-order valence-electron chi connectivity index (χ3n) is 3.00. The summed E-state index contributed by atoms with van der Waals surface area (Å²) in [6.07, 6.45) is 3.13. The van der Waals surface area contributed by atoms with Crippen molar-refractivity contribution in [3.8, 4) is 17.2 Å². The minimum Gasteiger partial charge on any atom is -0.493 e. The first-order chi connectivity index (χ1) is 10.2. The summed E-state index contributed by atoms with van der Waals surface area (Å²) < 4.78 is 12.4. The van der Waals surface area contributed by atoms with Crippen molar-refractivity contribution in [2.45, 2.75) is 0 Å². The van der Waals surface area contributed by atoms with Crippen molar-refractivity contribution in [2.75, 3.05) is 7.11 Å². The number of carboxylic acids is 1. The Morgan fingerprint density at radius 3 is 2.71 bits per heavy atom. The van der Waals surface area contributed by atoms with Crippen LogP contribution >= 0.6 is 0 Å². The molecule has 106 valence electrons. The summed E-state index contributed by atoms with van der Waals surface area (Å²) in [7, 11) is 1.54. The second-order valence-electron chi connectivity index (χ2n) is 4.29. The Balaban J connectivity index is 2.06. The third kappa shape index (κ3) is 2.38. The lowest BCUT2D eigenvalue weighted by atomic mass is 10.3. The SMILES string of the molecule is COc1ccccc1Oc1cc(C(=O)O)n2ccnc2c1. The number of aromatic carboxylic acids is 1. The number of para-hydroxylation sites is 2. The number of carbonyl (C=O) groups is 1. The minimum atomic E-state index is -1.05. The van der Waals surface area contributed by atoms with Crippen LogP contribution in [0.5, 0.6) is 17.2 Å². The summed E-state index contributed by atoms with van der Waals surface area (Å²) in [4.78, 5) is 15.4. The zero-order chi connectivity index (χ0) is 14.8. The summed E-state index contributed by atoms with van der Waals surface area (Å²) >= 11 is 0. The van der Waals surface area contributed by atoms with Gasteiger partial charge in [-0.2, -0.15) is 0 Å². The quantitative estimate of drug-likeness (QED) is 0.797. The molecule has 0 saturated carbocycles. The molecule has 0 atom stereocenters. The van der Waals surface area contributed by atoms with Crippen molar-refractivity contribution >= 4 is 11.6 Å². The Hall–Kier alpha value is -3.02. The molecule has 0 aliphatic carbocycles. The van der Waals surface area contributed by atoms with Gasteiger partial charge in [-0.3, -0.25) is 4.40 Å². The highest BCUT2D eigenvalue weighted by atomic mass is 16.5. The molecule has 21 heavy (non-hydrogen) atoms. The van der Waals surface area contributed by atoms with Crippen molar-refractivity contribution in [3.63, 3.8) is 0 Å². The van der Waals surface area contributed by atoms with Gasteiger partial charge in [-0.05, 0) is 12.1 Å². The molecule has 0 amide bonds. The Bertz CT molecular complexity index is 810. The lowest BCUT2D eigenvalue weighted by Gasteiger charge is -2.11. The van der Waals surface area contributed by atoms with Crippen molar-refractivity contribution in [3.05, 3.63) is 54.5 Å². The maximum absolute atomic E-state index is 11.3. The molecule has 0 fully saturated rings. The molecule has 0 aliphatic rings. The van der Waals surface area contributed by atoms with E-state index in [1.165, 1.54) is 16.7 Å². The molecule has 0 bridgehead atoms. The number of ether oxygens (including phenoxy) is 2. The van der Waals surface area contributed by atoms with Crippen LogP contribution in [0.1, 0.15) is 10.5 Å². The number of aromatic nitrogens is 2. The second-order valence-corrected chi connectivity index (χ2v) is 4.29. The molecule has 0 spiro atoms. The largest absolute Gasteiger partial charge is 0.493 e. The molecule has 6 nitrogen and oxygen atoms in total. The molecule has 0 aliphatic heterocycles. The van der Waals surface area contributed by atoms with Gasteiger partial charge in [-0.1, -0.05) is 12.1 Å². The fraction of sp³-hybridized carbons (Fsp3) is 0.0667. The topological polar surface area (TPSA) is 73.1 Å². The average Bonchev–Trinajstić information content (AvgIpc) is 2.95. The van der Waals surface area contributed by atoms with Crippen LogP contribution in [0.3, 0.4) is 0 Å². The summed E-state index contributed by atoms with van der Waals surface area (Å²) in [6.45, 7) is 0. The second kappa shape index (κ2) is 5.16. The molecule has 0 unspecified atom stereocenters. The molecule has 3 rings (SSSR count). The van der Waals surface area contributed by atoms with Crippen LogP contribution in [-0.2, 0) is 0 Å². The molecular weight excluding hydrogens is 272 g/mol. The van der Waals surface area contributed by atoms with Crippen LogP contribution in [0.15, 0.2) is 48.8 Å². The van der Waals surface area contributed by atoms with Crippen LogP contribution in [0.2, 0.25) is 0 Å². The number of imidazole rings is 1. The van der Waals surface area contributed by atoms with E-state index in [9.17, 15) is 9.90 Å². The number of pyridine rings is 1. The molecule has 6 heteroatoms. The number of benzene rings is 1. The van der Waals surface area contributed by atoms with Gasteiger partial charge in [0.15, 0.2) is 11.5 Å². The molecule has 3 aromatic rings. The molecule has 0 saturated heterocycles. The Morgan fingerprint density at radius 2 is 2.00 bits per heavy atom. The van der Waals surface area contributed by atoms with E-state index in [2.05, 4.69) is 4.98 Å². The lowest BCUT2D eigenvalue weighted by molar-refractivity contribution is 0.0688. The van der Waals surface area contributed by atoms with Crippen molar-refractivity contribution in [1.82, 2.24) is 9.38 Å². The van der Waals surface area contributed by atoms with Gasteiger partial charge in [0.1, 0.15) is 17.1 Å². The first-order valence-electron chi connectivity index (χ1n) is 6.20. The van der Waals surface area contributed by atoms with Gasteiger partial charge < -0.3 is 14.6 Å². The van der Waals surface area contributed by atoms with E-state index in [1.807, 2.05) is 12.1 Å². The monoisotopic (exact) mass is 284 g/mol. The summed E-state index contributed by atoms with van der Waals surface area (Å²) in [5, 5.41) is 9.26. The molecule has 0 radical (unpaired) electrons. The number of fused-ring (bicyclic) bond motifs is 1. The fourth-order valence-corrected chi connectivity index (χ4v) is 2.05. The van der Waals surface area contributed by atoms with E-state index in [-0.39, 0.29) is 5.69 Å². The first-order valence-corrected chi connectivity index (χ1v) is 6.20. The Morgan fingerprint density at radius 1 is 1.24 bits per heavy atom. The highest BCUT2D eigenvalue weighted by Crippen LogP contribution is 2.31. The molecule has 2 heterocycles.